The van der Waals surface area contributed by atoms with Gasteiger partial charge < -0.3 is 19.9 Å². The third-order valence-electron chi connectivity index (χ3n) is 4.85. The monoisotopic (exact) mass is 395 g/mol. The van der Waals surface area contributed by atoms with Crippen LogP contribution in [0.4, 0.5) is 16.2 Å². The van der Waals surface area contributed by atoms with Crippen LogP contribution in [-0.4, -0.2) is 55.5 Å². The van der Waals surface area contributed by atoms with Crippen LogP contribution in [0, 0.1) is 0 Å². The van der Waals surface area contributed by atoms with Gasteiger partial charge >= 0.3 is 12.0 Å². The van der Waals surface area contributed by atoms with E-state index in [2.05, 4.69) is 10.2 Å². The Morgan fingerprint density at radius 2 is 1.62 bits per heavy atom. The van der Waals surface area contributed by atoms with E-state index in [1.165, 1.54) is 6.92 Å². The van der Waals surface area contributed by atoms with Gasteiger partial charge in [0.25, 0.3) is 0 Å². The first-order valence-electron chi connectivity index (χ1n) is 9.67. The molecule has 0 aromatic heterocycles. The van der Waals surface area contributed by atoms with Gasteiger partial charge in [0, 0.05) is 37.4 Å². The summed E-state index contributed by atoms with van der Waals surface area (Å²) in [5.41, 5.74) is 2.62. The number of Topliss-reactive ketones (excluding diaryl/α,β-unsaturated/α-hetero) is 1. The SMILES string of the molecule is CCOC(=O)c1ccccc1N1CCN(C(=O)Nc2ccc(C(C)=O)cc2)CC1. The molecule has 2 aromatic rings. The van der Waals surface area contributed by atoms with Gasteiger partial charge in [-0.2, -0.15) is 0 Å². The van der Waals surface area contributed by atoms with Crippen molar-refractivity contribution in [2.45, 2.75) is 13.8 Å². The number of nitrogens with one attached hydrogen (secondary N) is 1. The molecule has 1 aliphatic rings. The Hall–Kier alpha value is -3.35. The smallest absolute Gasteiger partial charge is 0.340 e. The van der Waals surface area contributed by atoms with Crippen molar-refractivity contribution in [1.82, 2.24) is 4.90 Å². The summed E-state index contributed by atoms with van der Waals surface area (Å²) in [6, 6.07) is 14.0. The molecule has 0 aliphatic carbocycles. The zero-order chi connectivity index (χ0) is 20.8. The van der Waals surface area contributed by atoms with Crippen molar-refractivity contribution in [2.24, 2.45) is 0 Å². The molecule has 0 atom stereocenters. The molecule has 7 heteroatoms. The van der Waals surface area contributed by atoms with Crippen LogP contribution in [-0.2, 0) is 4.74 Å². The van der Waals surface area contributed by atoms with Crippen molar-refractivity contribution in [3.63, 3.8) is 0 Å². The van der Waals surface area contributed by atoms with Gasteiger partial charge in [0.2, 0.25) is 0 Å². The molecule has 2 aromatic carbocycles. The number of benzene rings is 2. The van der Waals surface area contributed by atoms with E-state index in [4.69, 9.17) is 4.74 Å². The van der Waals surface area contributed by atoms with E-state index in [0.717, 1.165) is 5.69 Å². The molecule has 2 amide bonds. The first kappa shape index (κ1) is 20.4. The number of carbonyl (C=O) groups is 3. The number of piperazine rings is 1. The zero-order valence-electron chi connectivity index (χ0n) is 16.7. The van der Waals surface area contributed by atoms with Crippen LogP contribution >= 0.6 is 0 Å². The third kappa shape index (κ3) is 4.93. The largest absolute Gasteiger partial charge is 0.462 e. The number of hydrogen-bond donors (Lipinski definition) is 1. The highest BCUT2D eigenvalue weighted by atomic mass is 16.5. The normalized spacial score (nSPS) is 13.7. The lowest BCUT2D eigenvalue weighted by Crippen LogP contribution is -2.50. The minimum absolute atomic E-state index is 0.0119. The van der Waals surface area contributed by atoms with Crippen LogP contribution in [0.3, 0.4) is 0 Å². The van der Waals surface area contributed by atoms with Crippen molar-refractivity contribution < 1.29 is 19.1 Å². The molecule has 0 saturated carbocycles. The topological polar surface area (TPSA) is 79.0 Å². The first-order chi connectivity index (χ1) is 14.0. The summed E-state index contributed by atoms with van der Waals surface area (Å²) in [6.45, 7) is 5.93. The Bertz CT molecular complexity index is 887. The van der Waals surface area contributed by atoms with E-state index in [1.54, 1.807) is 42.2 Å². The highest BCUT2D eigenvalue weighted by Gasteiger charge is 2.24. The second kappa shape index (κ2) is 9.23. The number of nitrogens with zero attached hydrogens (tertiary/aromatic N) is 2. The molecule has 0 unspecified atom stereocenters. The van der Waals surface area contributed by atoms with Crippen LogP contribution in [0.25, 0.3) is 0 Å². The second-order valence-electron chi connectivity index (χ2n) is 6.78. The third-order valence-corrected chi connectivity index (χ3v) is 4.85. The average Bonchev–Trinajstić information content (AvgIpc) is 2.74. The predicted octanol–water partition coefficient (Wildman–Crippen LogP) is 3.42. The lowest BCUT2D eigenvalue weighted by molar-refractivity contribution is 0.0526. The molecule has 1 heterocycles. The Balaban J connectivity index is 1.60. The van der Waals surface area contributed by atoms with Crippen molar-refractivity contribution in [3.8, 4) is 0 Å². The number of amides is 2. The van der Waals surface area contributed by atoms with Crippen LogP contribution < -0.4 is 10.2 Å². The Morgan fingerprint density at radius 1 is 0.966 bits per heavy atom. The zero-order valence-corrected chi connectivity index (χ0v) is 16.7. The van der Waals surface area contributed by atoms with E-state index in [9.17, 15) is 14.4 Å². The molecule has 0 spiro atoms. The van der Waals surface area contributed by atoms with Crippen LogP contribution in [0.2, 0.25) is 0 Å². The molecule has 0 radical (unpaired) electrons. The fraction of sp³-hybridized carbons (Fsp3) is 0.318. The van der Waals surface area contributed by atoms with Crippen molar-refractivity contribution in [2.75, 3.05) is 43.0 Å². The predicted molar refractivity (Wildman–Crippen MR) is 112 cm³/mol. The van der Waals surface area contributed by atoms with Crippen LogP contribution in [0.15, 0.2) is 48.5 Å². The van der Waals surface area contributed by atoms with Gasteiger partial charge in [0.15, 0.2) is 5.78 Å². The van der Waals surface area contributed by atoms with Gasteiger partial charge in [0.1, 0.15) is 0 Å². The number of rotatable bonds is 5. The van der Waals surface area contributed by atoms with E-state index < -0.39 is 0 Å². The molecule has 7 nitrogen and oxygen atoms in total. The van der Waals surface area contributed by atoms with Gasteiger partial charge in [-0.15, -0.1) is 0 Å². The van der Waals surface area contributed by atoms with Gasteiger partial charge in [0.05, 0.1) is 17.9 Å². The highest BCUT2D eigenvalue weighted by molar-refractivity contribution is 5.96. The van der Waals surface area contributed by atoms with E-state index in [1.807, 2.05) is 18.2 Å². The number of para-hydroxylation sites is 1. The van der Waals surface area contributed by atoms with Gasteiger partial charge in [-0.3, -0.25) is 4.79 Å². The number of urea groups is 1. The van der Waals surface area contributed by atoms with Crippen molar-refractivity contribution >= 4 is 29.2 Å². The summed E-state index contributed by atoms with van der Waals surface area (Å²) >= 11 is 0. The number of ketones is 1. The van der Waals surface area contributed by atoms with Gasteiger partial charge in [-0.05, 0) is 50.2 Å². The molecule has 152 valence electrons. The minimum atomic E-state index is -0.336. The first-order valence-corrected chi connectivity index (χ1v) is 9.67. The van der Waals surface area contributed by atoms with Gasteiger partial charge in [-0.25, -0.2) is 9.59 Å². The van der Waals surface area contributed by atoms with E-state index in [0.29, 0.717) is 49.6 Å². The van der Waals surface area contributed by atoms with Crippen molar-refractivity contribution in [1.29, 1.82) is 0 Å². The summed E-state index contributed by atoms with van der Waals surface area (Å²) in [5, 5.41) is 2.86. The molecular weight excluding hydrogens is 370 g/mol. The van der Waals surface area contributed by atoms with E-state index >= 15 is 0 Å². The number of hydrogen-bond acceptors (Lipinski definition) is 5. The lowest BCUT2D eigenvalue weighted by atomic mass is 10.1. The number of ether oxygens (including phenoxy) is 1. The van der Waals surface area contributed by atoms with Crippen molar-refractivity contribution in [3.05, 3.63) is 59.7 Å². The molecule has 1 N–H and O–H groups in total. The van der Waals surface area contributed by atoms with Crippen LogP contribution in [0.1, 0.15) is 34.6 Å². The molecular formula is C22H25N3O4. The molecule has 29 heavy (non-hydrogen) atoms. The molecule has 1 saturated heterocycles. The number of anilines is 2. The second-order valence-corrected chi connectivity index (χ2v) is 6.78. The molecule has 3 rings (SSSR count). The standard InChI is InChI=1S/C22H25N3O4/c1-3-29-21(27)19-6-4-5-7-20(19)24-12-14-25(15-13-24)22(28)23-18-10-8-17(9-11-18)16(2)26/h4-11H,3,12-15H2,1-2H3,(H,23,28). The van der Waals surface area contributed by atoms with Crippen LogP contribution in [0.5, 0.6) is 0 Å². The maximum Gasteiger partial charge on any atom is 0.340 e. The quantitative estimate of drug-likeness (QED) is 0.620. The number of esters is 1. The summed E-state index contributed by atoms with van der Waals surface area (Å²) in [5.74, 6) is -0.348. The Morgan fingerprint density at radius 3 is 2.24 bits per heavy atom. The summed E-state index contributed by atoms with van der Waals surface area (Å²) in [7, 11) is 0. The Kier molecular flexibility index (Phi) is 6.49. The maximum atomic E-state index is 12.5. The summed E-state index contributed by atoms with van der Waals surface area (Å²) in [4.78, 5) is 39.9. The minimum Gasteiger partial charge on any atom is -0.462 e. The van der Waals surface area contributed by atoms with E-state index in [-0.39, 0.29) is 17.8 Å². The summed E-state index contributed by atoms with van der Waals surface area (Å²) < 4.78 is 5.15. The average molecular weight is 395 g/mol. The van der Waals surface area contributed by atoms with Gasteiger partial charge in [-0.1, -0.05) is 12.1 Å². The summed E-state index contributed by atoms with van der Waals surface area (Å²) in [6.07, 6.45) is 0. The lowest BCUT2D eigenvalue weighted by Gasteiger charge is -2.36. The fourth-order valence-corrected chi connectivity index (χ4v) is 3.27. The molecule has 1 aliphatic heterocycles. The molecule has 1 fully saturated rings. The highest BCUT2D eigenvalue weighted by Crippen LogP contribution is 2.23. The number of carbonyl (C=O) groups excluding carboxylic acids is 3. The fourth-order valence-electron chi connectivity index (χ4n) is 3.27. The maximum absolute atomic E-state index is 12.5. The Labute approximate surface area is 170 Å². The molecule has 0 bridgehead atoms.